The van der Waals surface area contributed by atoms with Crippen LogP contribution in [0.2, 0.25) is 0 Å². The van der Waals surface area contributed by atoms with Crippen LogP contribution in [-0.4, -0.2) is 9.91 Å². The lowest BCUT2D eigenvalue weighted by Crippen LogP contribution is -2.11. The summed E-state index contributed by atoms with van der Waals surface area (Å²) in [5, 5.41) is 16.1. The number of hydrogen-bond acceptors (Lipinski definition) is 5. The number of aromatic nitrogens is 1. The van der Waals surface area contributed by atoms with Gasteiger partial charge in [-0.2, -0.15) is 0 Å². The molecule has 0 aliphatic heterocycles. The van der Waals surface area contributed by atoms with Crippen molar-refractivity contribution in [1.29, 1.82) is 0 Å². The predicted octanol–water partition coefficient (Wildman–Crippen LogP) is 5.05. The first-order valence-electron chi connectivity index (χ1n) is 7.40. The van der Waals surface area contributed by atoms with Gasteiger partial charge >= 0.3 is 0 Å². The van der Waals surface area contributed by atoms with Crippen molar-refractivity contribution < 1.29 is 4.92 Å². The SMILES string of the molecule is O=[N+]([O-])c1ccc(CC2(c3csc(-c4cccs4)n3)CC2)cc1. The molecule has 0 N–H and O–H groups in total. The Morgan fingerprint density at radius 2 is 1.96 bits per heavy atom. The van der Waals surface area contributed by atoms with E-state index >= 15 is 0 Å². The van der Waals surface area contributed by atoms with Gasteiger partial charge in [0.25, 0.3) is 5.69 Å². The molecule has 1 fully saturated rings. The molecule has 2 aromatic heterocycles. The molecule has 1 saturated carbocycles. The summed E-state index contributed by atoms with van der Waals surface area (Å²) in [6, 6.07) is 11.1. The third-order valence-corrected chi connectivity index (χ3v) is 6.20. The second-order valence-corrected chi connectivity index (χ2v) is 7.70. The number of nitro benzene ring substituents is 1. The standard InChI is InChI=1S/C17H14N2O2S2/c20-19(21)13-5-3-12(4-6-13)10-17(7-8-17)15-11-23-16(18-15)14-2-1-9-22-14/h1-6,9,11H,7-8,10H2. The zero-order valence-corrected chi connectivity index (χ0v) is 13.9. The molecule has 6 heteroatoms. The van der Waals surface area contributed by atoms with Crippen LogP contribution in [-0.2, 0) is 11.8 Å². The highest BCUT2D eigenvalue weighted by molar-refractivity contribution is 7.20. The topological polar surface area (TPSA) is 56.0 Å². The second-order valence-electron chi connectivity index (χ2n) is 5.90. The first-order chi connectivity index (χ1) is 11.2. The molecule has 0 saturated heterocycles. The summed E-state index contributed by atoms with van der Waals surface area (Å²) in [7, 11) is 0. The lowest BCUT2D eigenvalue weighted by molar-refractivity contribution is -0.384. The van der Waals surface area contributed by atoms with Crippen LogP contribution in [0.3, 0.4) is 0 Å². The fourth-order valence-electron chi connectivity index (χ4n) is 2.83. The van der Waals surface area contributed by atoms with Gasteiger partial charge in [0.05, 0.1) is 15.5 Å². The van der Waals surface area contributed by atoms with Crippen LogP contribution in [0.4, 0.5) is 5.69 Å². The van der Waals surface area contributed by atoms with Crippen molar-refractivity contribution >= 4 is 28.4 Å². The smallest absolute Gasteiger partial charge is 0.258 e. The number of benzene rings is 1. The van der Waals surface area contributed by atoms with E-state index in [1.165, 1.54) is 10.6 Å². The quantitative estimate of drug-likeness (QED) is 0.481. The third-order valence-electron chi connectivity index (χ3n) is 4.32. The Hall–Kier alpha value is -2.05. The van der Waals surface area contributed by atoms with E-state index in [4.69, 9.17) is 4.98 Å². The van der Waals surface area contributed by atoms with Gasteiger partial charge in [0.15, 0.2) is 0 Å². The van der Waals surface area contributed by atoms with E-state index in [0.29, 0.717) is 0 Å². The molecule has 4 nitrogen and oxygen atoms in total. The normalized spacial score (nSPS) is 15.5. The van der Waals surface area contributed by atoms with Crippen LogP contribution >= 0.6 is 22.7 Å². The van der Waals surface area contributed by atoms with Crippen molar-refractivity contribution in [2.75, 3.05) is 0 Å². The molecule has 0 atom stereocenters. The molecule has 3 aromatic rings. The summed E-state index contributed by atoms with van der Waals surface area (Å²) >= 11 is 3.41. The highest BCUT2D eigenvalue weighted by Crippen LogP contribution is 2.51. The van der Waals surface area contributed by atoms with Crippen molar-refractivity contribution in [3.05, 3.63) is 68.5 Å². The van der Waals surface area contributed by atoms with Gasteiger partial charge in [0.1, 0.15) is 5.01 Å². The van der Waals surface area contributed by atoms with Crippen LogP contribution in [0.25, 0.3) is 9.88 Å². The minimum Gasteiger partial charge on any atom is -0.258 e. The summed E-state index contributed by atoms with van der Waals surface area (Å²) in [5.74, 6) is 0. The van der Waals surface area contributed by atoms with Gasteiger partial charge in [-0.3, -0.25) is 10.1 Å². The molecular weight excluding hydrogens is 328 g/mol. The number of thiazole rings is 1. The maximum absolute atomic E-state index is 10.7. The van der Waals surface area contributed by atoms with Crippen LogP contribution < -0.4 is 0 Å². The van der Waals surface area contributed by atoms with E-state index in [1.807, 2.05) is 18.2 Å². The Morgan fingerprint density at radius 3 is 2.57 bits per heavy atom. The van der Waals surface area contributed by atoms with E-state index in [1.54, 1.807) is 34.8 Å². The molecule has 116 valence electrons. The number of nitrogens with zero attached hydrogens (tertiary/aromatic N) is 2. The molecule has 4 rings (SSSR count). The number of thiophene rings is 1. The molecule has 0 unspecified atom stereocenters. The van der Waals surface area contributed by atoms with Crippen molar-refractivity contribution in [1.82, 2.24) is 4.98 Å². The van der Waals surface area contributed by atoms with Gasteiger partial charge in [-0.25, -0.2) is 4.98 Å². The zero-order valence-electron chi connectivity index (χ0n) is 12.3. The molecular formula is C17H14N2O2S2. The third kappa shape index (κ3) is 2.80. The van der Waals surface area contributed by atoms with Crippen molar-refractivity contribution in [3.63, 3.8) is 0 Å². The number of rotatable bonds is 5. The molecule has 23 heavy (non-hydrogen) atoms. The van der Waals surface area contributed by atoms with Crippen LogP contribution in [0.5, 0.6) is 0 Å². The summed E-state index contributed by atoms with van der Waals surface area (Å²) in [6.45, 7) is 0. The lowest BCUT2D eigenvalue weighted by Gasteiger charge is -2.12. The van der Waals surface area contributed by atoms with Gasteiger partial charge in [0.2, 0.25) is 0 Å². The molecule has 0 bridgehead atoms. The average Bonchev–Trinajstić information content (AvgIpc) is 2.98. The summed E-state index contributed by atoms with van der Waals surface area (Å²) in [5.41, 5.74) is 2.58. The highest BCUT2D eigenvalue weighted by Gasteiger charge is 2.46. The summed E-state index contributed by atoms with van der Waals surface area (Å²) in [4.78, 5) is 16.5. The molecule has 0 radical (unpaired) electrons. The Bertz CT molecular complexity index is 834. The predicted molar refractivity (Wildman–Crippen MR) is 93.1 cm³/mol. The van der Waals surface area contributed by atoms with Gasteiger partial charge in [-0.05, 0) is 36.3 Å². The van der Waals surface area contributed by atoms with E-state index in [0.717, 1.165) is 29.8 Å². The van der Waals surface area contributed by atoms with Gasteiger partial charge < -0.3 is 0 Å². The van der Waals surface area contributed by atoms with Gasteiger partial charge in [-0.15, -0.1) is 22.7 Å². The maximum atomic E-state index is 10.7. The molecule has 0 amide bonds. The Labute approximate surface area is 141 Å². The van der Waals surface area contributed by atoms with E-state index < -0.39 is 0 Å². The lowest BCUT2D eigenvalue weighted by atomic mass is 9.94. The van der Waals surface area contributed by atoms with Gasteiger partial charge in [-0.1, -0.05) is 18.2 Å². The highest BCUT2D eigenvalue weighted by atomic mass is 32.1. The Kier molecular flexibility index (Phi) is 3.50. The molecule has 1 aromatic carbocycles. The first-order valence-corrected chi connectivity index (χ1v) is 9.15. The van der Waals surface area contributed by atoms with Crippen LogP contribution in [0.15, 0.2) is 47.2 Å². The molecule has 1 aliphatic rings. The van der Waals surface area contributed by atoms with E-state index in [-0.39, 0.29) is 16.0 Å². The summed E-state index contributed by atoms with van der Waals surface area (Å²) < 4.78 is 0. The van der Waals surface area contributed by atoms with E-state index in [9.17, 15) is 10.1 Å². The minimum atomic E-state index is -0.357. The Balaban J connectivity index is 1.55. The van der Waals surface area contributed by atoms with Crippen molar-refractivity contribution in [2.24, 2.45) is 0 Å². The van der Waals surface area contributed by atoms with Crippen molar-refractivity contribution in [2.45, 2.75) is 24.7 Å². The zero-order chi connectivity index (χ0) is 15.9. The van der Waals surface area contributed by atoms with Crippen molar-refractivity contribution in [3.8, 4) is 9.88 Å². The summed E-state index contributed by atoms with van der Waals surface area (Å²) in [6.07, 6.45) is 3.17. The first kappa shape index (κ1) is 14.5. The fraction of sp³-hybridized carbons (Fsp3) is 0.235. The largest absolute Gasteiger partial charge is 0.269 e. The van der Waals surface area contributed by atoms with Gasteiger partial charge in [0, 0.05) is 22.9 Å². The van der Waals surface area contributed by atoms with E-state index in [2.05, 4.69) is 16.8 Å². The number of nitro groups is 1. The second kappa shape index (κ2) is 5.54. The fourth-order valence-corrected chi connectivity index (χ4v) is 4.59. The molecule has 2 heterocycles. The Morgan fingerprint density at radius 1 is 1.17 bits per heavy atom. The minimum absolute atomic E-state index is 0.127. The number of non-ortho nitro benzene ring substituents is 1. The molecule has 0 spiro atoms. The maximum Gasteiger partial charge on any atom is 0.269 e. The monoisotopic (exact) mass is 342 g/mol. The van der Waals surface area contributed by atoms with Crippen LogP contribution in [0.1, 0.15) is 24.1 Å². The average molecular weight is 342 g/mol. The number of hydrogen-bond donors (Lipinski definition) is 0. The van der Waals surface area contributed by atoms with Crippen LogP contribution in [0, 0.1) is 10.1 Å². The molecule has 1 aliphatic carbocycles.